The molecule has 0 amide bonds. The highest BCUT2D eigenvalue weighted by Crippen LogP contribution is 2.33. The molecule has 88 valence electrons. The number of ketones is 1. The average molecular weight is 218 g/mol. The monoisotopic (exact) mass is 218 g/mol. The van der Waals surface area contributed by atoms with Crippen LogP contribution in [0.15, 0.2) is 23.3 Å². The maximum Gasteiger partial charge on any atom is 0.184 e. The van der Waals surface area contributed by atoms with Crippen molar-refractivity contribution >= 4 is 5.78 Å². The fourth-order valence-corrected chi connectivity index (χ4v) is 2.81. The Morgan fingerprint density at radius 3 is 1.81 bits per heavy atom. The lowest BCUT2D eigenvalue weighted by Crippen LogP contribution is -2.02. The van der Waals surface area contributed by atoms with E-state index in [1.54, 1.807) is 0 Å². The number of allylic oxidation sites excluding steroid dienone is 4. The molecule has 0 aromatic heterocycles. The third kappa shape index (κ3) is 2.28. The van der Waals surface area contributed by atoms with Crippen LogP contribution in [0.1, 0.15) is 52.4 Å². The first-order valence-corrected chi connectivity index (χ1v) is 6.70. The third-order valence-electron chi connectivity index (χ3n) is 4.07. The lowest BCUT2D eigenvalue weighted by atomic mass is 10.0. The summed E-state index contributed by atoms with van der Waals surface area (Å²) < 4.78 is 0. The highest BCUT2D eigenvalue weighted by Gasteiger charge is 2.25. The van der Waals surface area contributed by atoms with E-state index in [1.165, 1.54) is 25.7 Å². The smallest absolute Gasteiger partial charge is 0.184 e. The van der Waals surface area contributed by atoms with E-state index < -0.39 is 0 Å². The molecule has 0 fully saturated rings. The van der Waals surface area contributed by atoms with Crippen LogP contribution < -0.4 is 0 Å². The van der Waals surface area contributed by atoms with Crippen molar-refractivity contribution in [2.45, 2.75) is 52.4 Å². The van der Waals surface area contributed by atoms with E-state index in [0.717, 1.165) is 24.0 Å². The second-order valence-electron chi connectivity index (χ2n) is 5.13. The molecule has 1 nitrogen and oxygen atoms in total. The summed E-state index contributed by atoms with van der Waals surface area (Å²) in [6.07, 6.45) is 11.2. The first-order valence-electron chi connectivity index (χ1n) is 6.70. The van der Waals surface area contributed by atoms with E-state index in [1.807, 2.05) is 0 Å². The Morgan fingerprint density at radius 1 is 1.06 bits per heavy atom. The zero-order valence-corrected chi connectivity index (χ0v) is 10.5. The van der Waals surface area contributed by atoms with Crippen LogP contribution in [0.3, 0.4) is 0 Å². The lowest BCUT2D eigenvalue weighted by molar-refractivity contribution is -0.112. The third-order valence-corrected chi connectivity index (χ3v) is 4.07. The molecule has 0 radical (unpaired) electrons. The molecule has 0 saturated heterocycles. The highest BCUT2D eigenvalue weighted by atomic mass is 16.1. The SMILES string of the molecule is CCC1C=C(C(=O)C2=CC(CC)CC2)CC1. The Labute approximate surface area is 98.6 Å². The van der Waals surface area contributed by atoms with Crippen LogP contribution in [-0.2, 0) is 4.79 Å². The quantitative estimate of drug-likeness (QED) is 0.695. The van der Waals surface area contributed by atoms with Gasteiger partial charge in [0, 0.05) is 0 Å². The molecule has 0 heterocycles. The summed E-state index contributed by atoms with van der Waals surface area (Å²) in [5.41, 5.74) is 2.18. The van der Waals surface area contributed by atoms with E-state index in [2.05, 4.69) is 26.0 Å². The van der Waals surface area contributed by atoms with Crippen molar-refractivity contribution in [1.29, 1.82) is 0 Å². The topological polar surface area (TPSA) is 17.1 Å². The number of Topliss-reactive ketones (excluding diaryl/α,β-unsaturated/α-hetero) is 1. The van der Waals surface area contributed by atoms with E-state index in [0.29, 0.717) is 17.6 Å². The van der Waals surface area contributed by atoms with Crippen molar-refractivity contribution < 1.29 is 4.79 Å². The van der Waals surface area contributed by atoms with Gasteiger partial charge in [0.1, 0.15) is 0 Å². The predicted molar refractivity (Wildman–Crippen MR) is 67.2 cm³/mol. The van der Waals surface area contributed by atoms with Crippen LogP contribution in [-0.4, -0.2) is 5.78 Å². The van der Waals surface area contributed by atoms with Crippen LogP contribution in [0.2, 0.25) is 0 Å². The highest BCUT2D eigenvalue weighted by molar-refractivity contribution is 6.08. The Morgan fingerprint density at radius 2 is 1.50 bits per heavy atom. The molecule has 0 bridgehead atoms. The number of rotatable bonds is 4. The van der Waals surface area contributed by atoms with Gasteiger partial charge in [-0.2, -0.15) is 0 Å². The minimum absolute atomic E-state index is 0.354. The standard InChI is InChI=1S/C15H22O/c1-3-11-5-7-13(9-11)15(16)14-8-6-12(4-2)10-14/h9-12H,3-8H2,1-2H3. The van der Waals surface area contributed by atoms with Gasteiger partial charge in [-0.3, -0.25) is 4.79 Å². The molecule has 0 aliphatic heterocycles. The molecule has 0 N–H and O–H groups in total. The van der Waals surface area contributed by atoms with Gasteiger partial charge in [0.15, 0.2) is 5.78 Å². The lowest BCUT2D eigenvalue weighted by Gasteiger charge is -2.00. The van der Waals surface area contributed by atoms with Crippen LogP contribution in [0.4, 0.5) is 0 Å². The first kappa shape index (κ1) is 11.6. The van der Waals surface area contributed by atoms with E-state index in [4.69, 9.17) is 0 Å². The van der Waals surface area contributed by atoms with Gasteiger partial charge in [-0.15, -0.1) is 0 Å². The van der Waals surface area contributed by atoms with Gasteiger partial charge in [-0.05, 0) is 61.5 Å². The molecule has 0 aromatic carbocycles. The molecule has 2 rings (SSSR count). The van der Waals surface area contributed by atoms with Crippen LogP contribution >= 0.6 is 0 Å². The molecule has 2 aliphatic rings. The number of hydrogen-bond acceptors (Lipinski definition) is 1. The second-order valence-corrected chi connectivity index (χ2v) is 5.13. The minimum atomic E-state index is 0.354. The molecule has 16 heavy (non-hydrogen) atoms. The first-order chi connectivity index (χ1) is 7.74. The van der Waals surface area contributed by atoms with Gasteiger partial charge in [0.2, 0.25) is 0 Å². The molecule has 1 heteroatoms. The van der Waals surface area contributed by atoms with E-state index >= 15 is 0 Å². The Kier molecular flexibility index (Phi) is 3.63. The Hall–Kier alpha value is -0.850. The van der Waals surface area contributed by atoms with Crippen molar-refractivity contribution in [1.82, 2.24) is 0 Å². The maximum atomic E-state index is 12.2. The molecular formula is C15H22O. The van der Waals surface area contributed by atoms with Gasteiger partial charge in [-0.1, -0.05) is 26.0 Å². The molecule has 0 saturated carbocycles. The van der Waals surface area contributed by atoms with Gasteiger partial charge in [0.25, 0.3) is 0 Å². The fraction of sp³-hybridized carbons (Fsp3) is 0.667. The van der Waals surface area contributed by atoms with Crippen molar-refractivity contribution in [3.8, 4) is 0 Å². The molecule has 2 atom stereocenters. The predicted octanol–water partition coefficient (Wildman–Crippen LogP) is 4.05. The summed E-state index contributed by atoms with van der Waals surface area (Å²) >= 11 is 0. The van der Waals surface area contributed by atoms with Crippen LogP contribution in [0.25, 0.3) is 0 Å². The molecule has 0 aromatic rings. The normalized spacial score (nSPS) is 29.1. The van der Waals surface area contributed by atoms with Crippen LogP contribution in [0, 0.1) is 11.8 Å². The maximum absolute atomic E-state index is 12.2. The zero-order valence-electron chi connectivity index (χ0n) is 10.5. The van der Waals surface area contributed by atoms with Crippen molar-refractivity contribution in [3.63, 3.8) is 0 Å². The summed E-state index contributed by atoms with van der Waals surface area (Å²) in [5, 5.41) is 0. The van der Waals surface area contributed by atoms with Crippen molar-refractivity contribution in [2.75, 3.05) is 0 Å². The fourth-order valence-electron chi connectivity index (χ4n) is 2.81. The molecule has 2 unspecified atom stereocenters. The van der Waals surface area contributed by atoms with E-state index in [-0.39, 0.29) is 0 Å². The molecule has 0 spiro atoms. The summed E-state index contributed by atoms with van der Waals surface area (Å²) in [4.78, 5) is 12.2. The second kappa shape index (κ2) is 4.99. The van der Waals surface area contributed by atoms with E-state index in [9.17, 15) is 4.79 Å². The summed E-state index contributed by atoms with van der Waals surface area (Å²) in [6.45, 7) is 4.41. The summed E-state index contributed by atoms with van der Waals surface area (Å²) in [6, 6.07) is 0. The molecular weight excluding hydrogens is 196 g/mol. The van der Waals surface area contributed by atoms with Gasteiger partial charge < -0.3 is 0 Å². The largest absolute Gasteiger partial charge is 0.289 e. The summed E-state index contributed by atoms with van der Waals surface area (Å²) in [5.74, 6) is 1.66. The average Bonchev–Trinajstić information content (AvgIpc) is 2.97. The number of carbonyl (C=O) groups excluding carboxylic acids is 1. The minimum Gasteiger partial charge on any atom is -0.289 e. The van der Waals surface area contributed by atoms with Crippen molar-refractivity contribution in [2.24, 2.45) is 11.8 Å². The molecule has 2 aliphatic carbocycles. The Bertz CT molecular complexity index is 303. The van der Waals surface area contributed by atoms with Crippen molar-refractivity contribution in [3.05, 3.63) is 23.3 Å². The van der Waals surface area contributed by atoms with Gasteiger partial charge in [0.05, 0.1) is 0 Å². The Balaban J connectivity index is 2.04. The number of carbonyl (C=O) groups is 1. The van der Waals surface area contributed by atoms with Crippen LogP contribution in [0.5, 0.6) is 0 Å². The van der Waals surface area contributed by atoms with Gasteiger partial charge >= 0.3 is 0 Å². The van der Waals surface area contributed by atoms with Gasteiger partial charge in [-0.25, -0.2) is 0 Å². The summed E-state index contributed by atoms with van der Waals surface area (Å²) in [7, 11) is 0. The number of hydrogen-bond donors (Lipinski definition) is 0. The zero-order chi connectivity index (χ0) is 11.5.